The molecule has 106 valence electrons. The Balaban J connectivity index is 1.62. The van der Waals surface area contributed by atoms with E-state index in [-0.39, 0.29) is 0 Å². The highest BCUT2D eigenvalue weighted by Crippen LogP contribution is 2.26. The molecule has 4 heteroatoms. The second-order valence-electron chi connectivity index (χ2n) is 5.59. The Morgan fingerprint density at radius 1 is 1.25 bits per heavy atom. The van der Waals surface area contributed by atoms with Crippen molar-refractivity contribution in [1.29, 1.82) is 0 Å². The number of hydrogen-bond donors (Lipinski definition) is 1. The van der Waals surface area contributed by atoms with Gasteiger partial charge in [-0.1, -0.05) is 12.1 Å². The van der Waals surface area contributed by atoms with Gasteiger partial charge >= 0.3 is 0 Å². The molecule has 0 spiro atoms. The summed E-state index contributed by atoms with van der Waals surface area (Å²) < 4.78 is 2.05. The van der Waals surface area contributed by atoms with E-state index in [9.17, 15) is 0 Å². The summed E-state index contributed by atoms with van der Waals surface area (Å²) in [5.74, 6) is 0. The van der Waals surface area contributed by atoms with E-state index < -0.39 is 0 Å². The molecule has 0 radical (unpaired) electrons. The van der Waals surface area contributed by atoms with Crippen LogP contribution in [0.4, 0.5) is 5.69 Å². The first-order valence-corrected chi connectivity index (χ1v) is 7.23. The summed E-state index contributed by atoms with van der Waals surface area (Å²) in [5, 5.41) is 3.49. The molecule has 4 nitrogen and oxygen atoms in total. The highest BCUT2D eigenvalue weighted by Gasteiger charge is 2.13. The summed E-state index contributed by atoms with van der Waals surface area (Å²) in [6, 6.07) is 6.84. The Bertz CT molecular complexity index is 588. The zero-order valence-corrected chi connectivity index (χ0v) is 12.3. The second-order valence-corrected chi connectivity index (χ2v) is 5.59. The Labute approximate surface area is 120 Å². The van der Waals surface area contributed by atoms with Gasteiger partial charge in [-0.15, -0.1) is 0 Å². The summed E-state index contributed by atoms with van der Waals surface area (Å²) in [7, 11) is 4.21. The van der Waals surface area contributed by atoms with Crippen LogP contribution in [-0.4, -0.2) is 23.1 Å². The lowest BCUT2D eigenvalue weighted by molar-refractivity contribution is 0.653. The lowest BCUT2D eigenvalue weighted by Gasteiger charge is -2.27. The van der Waals surface area contributed by atoms with Gasteiger partial charge in [-0.3, -0.25) is 0 Å². The molecule has 0 unspecified atom stereocenters. The van der Waals surface area contributed by atoms with Crippen LogP contribution in [0.25, 0.3) is 0 Å². The molecule has 0 aliphatic carbocycles. The van der Waals surface area contributed by atoms with Crippen molar-refractivity contribution in [2.45, 2.75) is 25.9 Å². The Kier molecular flexibility index (Phi) is 3.74. The fourth-order valence-electron chi connectivity index (χ4n) is 2.84. The van der Waals surface area contributed by atoms with Gasteiger partial charge in [0.05, 0.1) is 12.0 Å². The van der Waals surface area contributed by atoms with Crippen molar-refractivity contribution in [2.75, 3.05) is 18.5 Å². The molecule has 3 rings (SSSR count). The molecular weight excluding hydrogens is 248 g/mol. The van der Waals surface area contributed by atoms with E-state index in [1.54, 1.807) is 0 Å². The lowest BCUT2D eigenvalue weighted by Crippen LogP contribution is -2.24. The zero-order valence-electron chi connectivity index (χ0n) is 12.3. The fraction of sp³-hybridized carbons (Fsp3) is 0.438. The van der Waals surface area contributed by atoms with Gasteiger partial charge in [0, 0.05) is 45.6 Å². The molecule has 0 saturated heterocycles. The SMILES string of the molecule is CN1CCCc2cc(CNCc3cncn3C)ccc21. The average molecular weight is 270 g/mol. The predicted molar refractivity (Wildman–Crippen MR) is 81.8 cm³/mol. The summed E-state index contributed by atoms with van der Waals surface area (Å²) >= 11 is 0. The summed E-state index contributed by atoms with van der Waals surface area (Å²) in [4.78, 5) is 6.48. The molecule has 1 aromatic heterocycles. The van der Waals surface area contributed by atoms with Crippen molar-refractivity contribution < 1.29 is 0 Å². The van der Waals surface area contributed by atoms with Gasteiger partial charge in [0.1, 0.15) is 0 Å². The molecule has 0 fully saturated rings. The normalized spacial score (nSPS) is 14.4. The largest absolute Gasteiger partial charge is 0.374 e. The molecule has 1 aliphatic rings. The summed E-state index contributed by atoms with van der Waals surface area (Å²) in [6.07, 6.45) is 6.21. The van der Waals surface area contributed by atoms with Crippen molar-refractivity contribution in [1.82, 2.24) is 14.9 Å². The maximum Gasteiger partial charge on any atom is 0.0945 e. The van der Waals surface area contributed by atoms with Crippen LogP contribution < -0.4 is 10.2 Å². The number of benzene rings is 1. The average Bonchev–Trinajstić information content (AvgIpc) is 2.85. The van der Waals surface area contributed by atoms with Gasteiger partial charge in [0.2, 0.25) is 0 Å². The van der Waals surface area contributed by atoms with Gasteiger partial charge in [0.15, 0.2) is 0 Å². The van der Waals surface area contributed by atoms with Gasteiger partial charge in [-0.25, -0.2) is 4.98 Å². The van der Waals surface area contributed by atoms with E-state index in [1.807, 2.05) is 19.6 Å². The van der Waals surface area contributed by atoms with E-state index in [2.05, 4.69) is 45.0 Å². The second kappa shape index (κ2) is 5.67. The van der Waals surface area contributed by atoms with E-state index in [0.717, 1.165) is 13.1 Å². The zero-order chi connectivity index (χ0) is 13.9. The van der Waals surface area contributed by atoms with Crippen molar-refractivity contribution in [3.63, 3.8) is 0 Å². The highest BCUT2D eigenvalue weighted by atomic mass is 15.1. The quantitative estimate of drug-likeness (QED) is 0.923. The van der Waals surface area contributed by atoms with Crippen molar-refractivity contribution in [3.05, 3.63) is 47.5 Å². The number of imidazole rings is 1. The maximum atomic E-state index is 4.13. The van der Waals surface area contributed by atoms with Crippen LogP contribution in [0.5, 0.6) is 0 Å². The smallest absolute Gasteiger partial charge is 0.0945 e. The Morgan fingerprint density at radius 2 is 2.15 bits per heavy atom. The van der Waals surface area contributed by atoms with Crippen LogP contribution in [0.2, 0.25) is 0 Å². The van der Waals surface area contributed by atoms with Gasteiger partial charge in [-0.2, -0.15) is 0 Å². The fourth-order valence-corrected chi connectivity index (χ4v) is 2.84. The number of hydrogen-bond acceptors (Lipinski definition) is 3. The van der Waals surface area contributed by atoms with Crippen LogP contribution in [0.15, 0.2) is 30.7 Å². The first kappa shape index (κ1) is 13.2. The summed E-state index contributed by atoms with van der Waals surface area (Å²) in [6.45, 7) is 2.93. The molecule has 1 N–H and O–H groups in total. The van der Waals surface area contributed by atoms with Crippen LogP contribution >= 0.6 is 0 Å². The summed E-state index contributed by atoms with van der Waals surface area (Å²) in [5.41, 5.74) is 5.45. The van der Waals surface area contributed by atoms with Crippen molar-refractivity contribution in [3.8, 4) is 0 Å². The van der Waals surface area contributed by atoms with Crippen LogP contribution in [0.1, 0.15) is 23.2 Å². The minimum Gasteiger partial charge on any atom is -0.374 e. The molecule has 1 aliphatic heterocycles. The molecule has 0 bridgehead atoms. The van der Waals surface area contributed by atoms with Crippen molar-refractivity contribution >= 4 is 5.69 Å². The van der Waals surface area contributed by atoms with E-state index >= 15 is 0 Å². The van der Waals surface area contributed by atoms with Crippen LogP contribution in [-0.2, 0) is 26.6 Å². The third-order valence-electron chi connectivity index (χ3n) is 4.05. The third kappa shape index (κ3) is 2.70. The molecular formula is C16H22N4. The Hall–Kier alpha value is -1.81. The molecule has 0 saturated carbocycles. The van der Waals surface area contributed by atoms with E-state index in [1.165, 1.54) is 41.9 Å². The van der Waals surface area contributed by atoms with Gasteiger partial charge < -0.3 is 14.8 Å². The first-order chi connectivity index (χ1) is 9.74. The molecule has 0 amide bonds. The van der Waals surface area contributed by atoms with Crippen molar-refractivity contribution in [2.24, 2.45) is 7.05 Å². The number of aryl methyl sites for hydroxylation is 2. The van der Waals surface area contributed by atoms with E-state index in [4.69, 9.17) is 0 Å². The monoisotopic (exact) mass is 270 g/mol. The molecule has 2 heterocycles. The van der Waals surface area contributed by atoms with E-state index in [0.29, 0.717) is 0 Å². The maximum absolute atomic E-state index is 4.13. The lowest BCUT2D eigenvalue weighted by atomic mass is 9.99. The standard InChI is InChI=1S/C16H22N4/c1-19-7-3-4-14-8-13(5-6-16(14)19)9-17-10-15-11-18-12-20(15)2/h5-6,8,11-12,17H,3-4,7,9-10H2,1-2H3. The number of nitrogens with zero attached hydrogens (tertiary/aromatic N) is 3. The van der Waals surface area contributed by atoms with Crippen LogP contribution in [0.3, 0.4) is 0 Å². The minimum atomic E-state index is 0.855. The first-order valence-electron chi connectivity index (χ1n) is 7.23. The highest BCUT2D eigenvalue weighted by molar-refractivity contribution is 5.56. The number of fused-ring (bicyclic) bond motifs is 1. The molecule has 20 heavy (non-hydrogen) atoms. The third-order valence-corrected chi connectivity index (χ3v) is 4.05. The number of aromatic nitrogens is 2. The Morgan fingerprint density at radius 3 is 2.95 bits per heavy atom. The number of nitrogens with one attached hydrogen (secondary N) is 1. The predicted octanol–water partition coefficient (Wildman–Crippen LogP) is 2.09. The molecule has 1 aromatic carbocycles. The topological polar surface area (TPSA) is 33.1 Å². The minimum absolute atomic E-state index is 0.855. The van der Waals surface area contributed by atoms with Crippen LogP contribution in [0, 0.1) is 0 Å². The van der Waals surface area contributed by atoms with Gasteiger partial charge in [0.25, 0.3) is 0 Å². The number of anilines is 1. The van der Waals surface area contributed by atoms with Gasteiger partial charge in [-0.05, 0) is 30.0 Å². The number of rotatable bonds is 4. The molecule has 2 aromatic rings. The molecule has 0 atom stereocenters.